The Morgan fingerprint density at radius 2 is 2.08 bits per heavy atom. The zero-order chi connectivity index (χ0) is 17.8. The van der Waals surface area contributed by atoms with Gasteiger partial charge in [-0.15, -0.1) is 0 Å². The third kappa shape index (κ3) is 4.03. The summed E-state index contributed by atoms with van der Waals surface area (Å²) in [4.78, 5) is 19.2. The van der Waals surface area contributed by atoms with Crippen LogP contribution < -0.4 is 10.6 Å². The molecule has 8 heteroatoms. The van der Waals surface area contributed by atoms with E-state index in [1.54, 1.807) is 0 Å². The number of hydrogen-bond acceptors (Lipinski definition) is 7. The van der Waals surface area contributed by atoms with Gasteiger partial charge in [-0.1, -0.05) is 6.07 Å². The van der Waals surface area contributed by atoms with Crippen LogP contribution in [0, 0.1) is 24.0 Å². The summed E-state index contributed by atoms with van der Waals surface area (Å²) in [5.74, 6) is 0.361. The minimum absolute atomic E-state index is 0.0609. The molecule has 2 N–H and O–H groups in total. The number of nitrogens with one attached hydrogen (secondary N) is 2. The highest BCUT2D eigenvalue weighted by molar-refractivity contribution is 5.74. The standard InChI is InChI=1S/C17H21N5O3/c1-11-5-6-13(8-12(11)2)21-17-15(22(23)24)16(19-10-20-17)18-9-14-4-3-7-25-14/h5-6,8,10,14H,3-4,7,9H2,1-2H3,(H2,18,19,20,21). The van der Waals surface area contributed by atoms with E-state index < -0.39 is 4.92 Å². The van der Waals surface area contributed by atoms with E-state index in [1.165, 1.54) is 6.33 Å². The third-order valence-corrected chi connectivity index (χ3v) is 4.30. The number of ether oxygens (including phenoxy) is 1. The number of nitrogens with zero attached hydrogens (tertiary/aromatic N) is 3. The van der Waals surface area contributed by atoms with E-state index in [9.17, 15) is 10.1 Å². The van der Waals surface area contributed by atoms with Crippen LogP contribution in [0.15, 0.2) is 24.5 Å². The molecule has 1 aliphatic rings. The molecule has 1 fully saturated rings. The maximum atomic E-state index is 11.6. The average Bonchev–Trinajstić information content (AvgIpc) is 3.09. The predicted molar refractivity (Wildman–Crippen MR) is 95.3 cm³/mol. The van der Waals surface area contributed by atoms with Crippen molar-refractivity contribution in [3.63, 3.8) is 0 Å². The fourth-order valence-electron chi connectivity index (χ4n) is 2.74. The van der Waals surface area contributed by atoms with Crippen LogP contribution in [0.3, 0.4) is 0 Å². The van der Waals surface area contributed by atoms with Crippen LogP contribution >= 0.6 is 0 Å². The van der Waals surface area contributed by atoms with Crippen LogP contribution in [0.5, 0.6) is 0 Å². The van der Waals surface area contributed by atoms with Gasteiger partial charge in [-0.05, 0) is 49.9 Å². The number of benzene rings is 1. The smallest absolute Gasteiger partial charge is 0.353 e. The van der Waals surface area contributed by atoms with Gasteiger partial charge in [0.1, 0.15) is 6.33 Å². The lowest BCUT2D eigenvalue weighted by Crippen LogP contribution is -2.20. The molecule has 0 aliphatic carbocycles. The van der Waals surface area contributed by atoms with Gasteiger partial charge in [0.15, 0.2) is 0 Å². The molecule has 8 nitrogen and oxygen atoms in total. The monoisotopic (exact) mass is 343 g/mol. The van der Waals surface area contributed by atoms with Gasteiger partial charge in [-0.3, -0.25) is 10.1 Å². The summed E-state index contributed by atoms with van der Waals surface area (Å²) in [5, 5.41) is 17.6. The minimum Gasteiger partial charge on any atom is -0.376 e. The fourth-order valence-corrected chi connectivity index (χ4v) is 2.74. The summed E-state index contributed by atoms with van der Waals surface area (Å²) in [6.45, 7) is 5.22. The van der Waals surface area contributed by atoms with E-state index in [0.29, 0.717) is 6.54 Å². The molecule has 2 heterocycles. The highest BCUT2D eigenvalue weighted by atomic mass is 16.6. The molecule has 1 unspecified atom stereocenters. The van der Waals surface area contributed by atoms with E-state index in [0.717, 1.165) is 36.3 Å². The first-order chi connectivity index (χ1) is 12.0. The highest BCUT2D eigenvalue weighted by Crippen LogP contribution is 2.31. The van der Waals surface area contributed by atoms with Crippen molar-refractivity contribution in [3.05, 3.63) is 45.8 Å². The number of aromatic nitrogens is 2. The molecule has 3 rings (SSSR count). The van der Waals surface area contributed by atoms with Crippen molar-refractivity contribution in [3.8, 4) is 0 Å². The van der Waals surface area contributed by atoms with Gasteiger partial charge < -0.3 is 15.4 Å². The Morgan fingerprint density at radius 3 is 2.76 bits per heavy atom. The van der Waals surface area contributed by atoms with Crippen LogP contribution in [0.1, 0.15) is 24.0 Å². The van der Waals surface area contributed by atoms with Crippen molar-refractivity contribution < 1.29 is 9.66 Å². The Hall–Kier alpha value is -2.74. The van der Waals surface area contributed by atoms with Crippen molar-refractivity contribution in [1.82, 2.24) is 9.97 Å². The molecule has 0 amide bonds. The van der Waals surface area contributed by atoms with E-state index in [1.807, 2.05) is 32.0 Å². The summed E-state index contributed by atoms with van der Waals surface area (Å²) >= 11 is 0. The SMILES string of the molecule is Cc1ccc(Nc2ncnc(NCC3CCCO3)c2[N+](=O)[O-])cc1C. The lowest BCUT2D eigenvalue weighted by Gasteiger charge is -2.13. The predicted octanol–water partition coefficient (Wildman–Crippen LogP) is 3.34. The quantitative estimate of drug-likeness (QED) is 0.612. The molecule has 1 aromatic carbocycles. The second kappa shape index (κ2) is 7.43. The van der Waals surface area contributed by atoms with Gasteiger partial charge in [0.25, 0.3) is 0 Å². The first-order valence-corrected chi connectivity index (χ1v) is 8.23. The van der Waals surface area contributed by atoms with Crippen LogP contribution in [-0.2, 0) is 4.74 Å². The van der Waals surface area contributed by atoms with Crippen molar-refractivity contribution in [2.24, 2.45) is 0 Å². The van der Waals surface area contributed by atoms with Gasteiger partial charge in [-0.25, -0.2) is 9.97 Å². The molecule has 0 radical (unpaired) electrons. The van der Waals surface area contributed by atoms with Crippen molar-refractivity contribution in [2.45, 2.75) is 32.8 Å². The molecule has 0 bridgehead atoms. The summed E-state index contributed by atoms with van der Waals surface area (Å²) in [5.41, 5.74) is 2.83. The first kappa shape index (κ1) is 17.1. The van der Waals surface area contributed by atoms with E-state index in [-0.39, 0.29) is 23.4 Å². The minimum atomic E-state index is -0.471. The van der Waals surface area contributed by atoms with Gasteiger partial charge in [0.2, 0.25) is 11.6 Å². The average molecular weight is 343 g/mol. The van der Waals surface area contributed by atoms with Crippen molar-refractivity contribution >= 4 is 23.0 Å². The third-order valence-electron chi connectivity index (χ3n) is 4.30. The Labute approximate surface area is 145 Å². The van der Waals surface area contributed by atoms with Crippen LogP contribution in [0.25, 0.3) is 0 Å². The van der Waals surface area contributed by atoms with Gasteiger partial charge in [0, 0.05) is 18.8 Å². The van der Waals surface area contributed by atoms with Crippen molar-refractivity contribution in [2.75, 3.05) is 23.8 Å². The molecule has 2 aromatic rings. The number of aryl methyl sites for hydroxylation is 2. The molecule has 1 aromatic heterocycles. The van der Waals surface area contributed by atoms with E-state index in [2.05, 4.69) is 20.6 Å². The topological polar surface area (TPSA) is 102 Å². The fraction of sp³-hybridized carbons (Fsp3) is 0.412. The molecule has 1 atom stereocenters. The lowest BCUT2D eigenvalue weighted by molar-refractivity contribution is -0.383. The van der Waals surface area contributed by atoms with Crippen LogP contribution in [0.4, 0.5) is 23.0 Å². The maximum absolute atomic E-state index is 11.6. The normalized spacial score (nSPS) is 16.6. The lowest BCUT2D eigenvalue weighted by atomic mass is 10.1. The number of hydrogen-bond donors (Lipinski definition) is 2. The molecular formula is C17H21N5O3. The Balaban J connectivity index is 1.83. The molecule has 0 spiro atoms. The second-order valence-electron chi connectivity index (χ2n) is 6.12. The van der Waals surface area contributed by atoms with Gasteiger partial charge >= 0.3 is 5.69 Å². The summed E-state index contributed by atoms with van der Waals surface area (Å²) in [6, 6.07) is 5.76. The molecule has 1 saturated heterocycles. The number of anilines is 3. The zero-order valence-electron chi connectivity index (χ0n) is 14.3. The Bertz CT molecular complexity index is 775. The largest absolute Gasteiger partial charge is 0.376 e. The van der Waals surface area contributed by atoms with Crippen molar-refractivity contribution in [1.29, 1.82) is 0 Å². The molecule has 1 aliphatic heterocycles. The molecule has 0 saturated carbocycles. The molecular weight excluding hydrogens is 322 g/mol. The summed E-state index contributed by atoms with van der Waals surface area (Å²) < 4.78 is 5.53. The number of rotatable bonds is 6. The van der Waals surface area contributed by atoms with Crippen LogP contribution in [0.2, 0.25) is 0 Å². The van der Waals surface area contributed by atoms with E-state index >= 15 is 0 Å². The molecule has 25 heavy (non-hydrogen) atoms. The Kier molecular flexibility index (Phi) is 5.08. The van der Waals surface area contributed by atoms with E-state index in [4.69, 9.17) is 4.74 Å². The molecule has 132 valence electrons. The van der Waals surface area contributed by atoms with Crippen LogP contribution in [-0.4, -0.2) is 34.1 Å². The maximum Gasteiger partial charge on any atom is 0.353 e. The van der Waals surface area contributed by atoms with Gasteiger partial charge in [0.05, 0.1) is 11.0 Å². The van der Waals surface area contributed by atoms with Gasteiger partial charge in [-0.2, -0.15) is 0 Å². The first-order valence-electron chi connectivity index (χ1n) is 8.23. The zero-order valence-corrected chi connectivity index (χ0v) is 14.3. The second-order valence-corrected chi connectivity index (χ2v) is 6.12. The number of nitro groups is 1. The summed E-state index contributed by atoms with van der Waals surface area (Å²) in [7, 11) is 0. The highest BCUT2D eigenvalue weighted by Gasteiger charge is 2.24. The summed E-state index contributed by atoms with van der Waals surface area (Å²) in [6.07, 6.45) is 3.33. The Morgan fingerprint density at radius 1 is 1.28 bits per heavy atom.